The summed E-state index contributed by atoms with van der Waals surface area (Å²) in [4.78, 5) is 13.9. The quantitative estimate of drug-likeness (QED) is 0.381. The van der Waals surface area contributed by atoms with E-state index in [0.29, 0.717) is 6.04 Å². The zero-order valence-electron chi connectivity index (χ0n) is 18.2. The first-order valence-corrected chi connectivity index (χ1v) is 12.4. The van der Waals surface area contributed by atoms with E-state index in [1.54, 1.807) is 11.3 Å². The van der Waals surface area contributed by atoms with Crippen molar-refractivity contribution in [1.82, 2.24) is 24.5 Å². The van der Waals surface area contributed by atoms with Crippen molar-refractivity contribution >= 4 is 34.7 Å². The smallest absolute Gasteiger partial charge is 0.234 e. The van der Waals surface area contributed by atoms with Gasteiger partial charge in [-0.05, 0) is 57.2 Å². The number of aryl methyl sites for hydroxylation is 2. The minimum atomic E-state index is -0.0762. The number of thiophene rings is 1. The van der Waals surface area contributed by atoms with E-state index in [4.69, 9.17) is 0 Å². The second-order valence-electron chi connectivity index (χ2n) is 8.01. The summed E-state index contributed by atoms with van der Waals surface area (Å²) in [5.41, 5.74) is 4.64. The van der Waals surface area contributed by atoms with Crippen LogP contribution in [0.5, 0.6) is 0 Å². The van der Waals surface area contributed by atoms with E-state index in [-0.39, 0.29) is 11.7 Å². The summed E-state index contributed by atoms with van der Waals surface area (Å²) in [7, 11) is 0. The molecule has 4 aromatic rings. The normalized spacial score (nSPS) is 13.5. The number of aromatic nitrogens is 5. The SMILES string of the molecule is Cc1ccc(-n2nc(C)c(NC(=O)CSc3nnc(-c4cccs4)n3C3CC3)c2C)cc1. The molecule has 0 atom stereocenters. The number of hydrogen-bond acceptors (Lipinski definition) is 6. The maximum atomic E-state index is 12.8. The molecule has 1 saturated carbocycles. The van der Waals surface area contributed by atoms with Gasteiger partial charge < -0.3 is 5.32 Å². The first-order chi connectivity index (χ1) is 15.5. The topological polar surface area (TPSA) is 77.6 Å². The molecule has 1 fully saturated rings. The van der Waals surface area contributed by atoms with Crippen molar-refractivity contribution in [2.24, 2.45) is 0 Å². The Morgan fingerprint density at radius 2 is 1.94 bits per heavy atom. The Kier molecular flexibility index (Phi) is 5.60. The van der Waals surface area contributed by atoms with Gasteiger partial charge >= 0.3 is 0 Å². The van der Waals surface area contributed by atoms with Crippen molar-refractivity contribution in [3.63, 3.8) is 0 Å². The van der Waals surface area contributed by atoms with Gasteiger partial charge in [-0.3, -0.25) is 9.36 Å². The van der Waals surface area contributed by atoms with Crippen molar-refractivity contribution in [1.29, 1.82) is 0 Å². The van der Waals surface area contributed by atoms with Crippen LogP contribution in [0.25, 0.3) is 16.4 Å². The summed E-state index contributed by atoms with van der Waals surface area (Å²) in [5.74, 6) is 1.09. The molecule has 1 aliphatic rings. The van der Waals surface area contributed by atoms with Crippen LogP contribution in [0.15, 0.2) is 46.9 Å². The average Bonchev–Trinajstić information content (AvgIpc) is 3.19. The predicted molar refractivity (Wildman–Crippen MR) is 129 cm³/mol. The number of rotatable bonds is 7. The van der Waals surface area contributed by atoms with Gasteiger partial charge in [-0.15, -0.1) is 21.5 Å². The lowest BCUT2D eigenvalue weighted by molar-refractivity contribution is -0.113. The number of benzene rings is 1. The fourth-order valence-corrected chi connectivity index (χ4v) is 5.19. The maximum Gasteiger partial charge on any atom is 0.234 e. The Hall–Kier alpha value is -2.91. The average molecular weight is 465 g/mol. The summed E-state index contributed by atoms with van der Waals surface area (Å²) in [5, 5.41) is 19.3. The molecule has 1 aliphatic carbocycles. The van der Waals surface area contributed by atoms with Crippen molar-refractivity contribution in [2.75, 3.05) is 11.1 Å². The number of amides is 1. The van der Waals surface area contributed by atoms with Crippen LogP contribution in [0, 0.1) is 20.8 Å². The second-order valence-corrected chi connectivity index (χ2v) is 9.90. The van der Waals surface area contributed by atoms with Crippen LogP contribution >= 0.6 is 23.1 Å². The molecule has 32 heavy (non-hydrogen) atoms. The van der Waals surface area contributed by atoms with Gasteiger partial charge in [0.05, 0.1) is 33.4 Å². The van der Waals surface area contributed by atoms with Crippen LogP contribution in [0.2, 0.25) is 0 Å². The number of anilines is 1. The van der Waals surface area contributed by atoms with Crippen LogP contribution in [-0.4, -0.2) is 36.2 Å². The minimum absolute atomic E-state index is 0.0762. The lowest BCUT2D eigenvalue weighted by Gasteiger charge is -2.09. The molecule has 3 aromatic heterocycles. The van der Waals surface area contributed by atoms with E-state index in [2.05, 4.69) is 50.3 Å². The first kappa shape index (κ1) is 21.0. The van der Waals surface area contributed by atoms with E-state index in [1.807, 2.05) is 42.1 Å². The molecule has 0 bridgehead atoms. The van der Waals surface area contributed by atoms with E-state index in [0.717, 1.165) is 51.5 Å². The van der Waals surface area contributed by atoms with Crippen molar-refractivity contribution in [2.45, 2.75) is 44.8 Å². The van der Waals surface area contributed by atoms with Crippen molar-refractivity contribution in [3.8, 4) is 16.4 Å². The molecule has 0 unspecified atom stereocenters. The number of carbonyl (C=O) groups excluding carboxylic acids is 1. The summed E-state index contributed by atoms with van der Waals surface area (Å²) < 4.78 is 4.06. The number of thioether (sulfide) groups is 1. The standard InChI is InChI=1S/C23H24N6OS2/c1-14-6-8-18(9-7-14)29-16(3)21(15(2)27-29)24-20(30)13-32-23-26-25-22(19-5-4-12-31-19)28(23)17-10-11-17/h4-9,12,17H,10-11,13H2,1-3H3,(H,24,30). The van der Waals surface area contributed by atoms with E-state index in [9.17, 15) is 4.79 Å². The molecule has 1 amide bonds. The molecule has 0 aliphatic heterocycles. The highest BCUT2D eigenvalue weighted by molar-refractivity contribution is 7.99. The van der Waals surface area contributed by atoms with E-state index >= 15 is 0 Å². The number of nitrogens with one attached hydrogen (secondary N) is 1. The highest BCUT2D eigenvalue weighted by Crippen LogP contribution is 2.41. The molecule has 0 saturated heterocycles. The van der Waals surface area contributed by atoms with Gasteiger partial charge in [-0.1, -0.05) is 35.5 Å². The fourth-order valence-electron chi connectivity index (χ4n) is 3.68. The molecule has 0 spiro atoms. The van der Waals surface area contributed by atoms with Crippen molar-refractivity contribution < 1.29 is 4.79 Å². The molecular weight excluding hydrogens is 440 g/mol. The molecular formula is C23H24N6OS2. The second kappa shape index (κ2) is 8.55. The molecule has 5 rings (SSSR count). The van der Waals surface area contributed by atoms with Gasteiger partial charge in [0.15, 0.2) is 11.0 Å². The van der Waals surface area contributed by atoms with Gasteiger partial charge in [-0.25, -0.2) is 4.68 Å². The molecule has 7 nitrogen and oxygen atoms in total. The molecule has 9 heteroatoms. The zero-order chi connectivity index (χ0) is 22.2. The Bertz CT molecular complexity index is 1250. The summed E-state index contributed by atoms with van der Waals surface area (Å²) in [6, 6.07) is 12.7. The van der Waals surface area contributed by atoms with Crippen molar-refractivity contribution in [3.05, 3.63) is 58.7 Å². The number of carbonyl (C=O) groups is 1. The number of hydrogen-bond donors (Lipinski definition) is 1. The van der Waals surface area contributed by atoms with E-state index in [1.165, 1.54) is 17.3 Å². The third-order valence-corrected chi connectivity index (χ3v) is 7.29. The highest BCUT2D eigenvalue weighted by atomic mass is 32.2. The van der Waals surface area contributed by atoms with Crippen LogP contribution in [0.4, 0.5) is 5.69 Å². The largest absolute Gasteiger partial charge is 0.322 e. The third-order valence-electron chi connectivity index (χ3n) is 5.48. The third kappa shape index (κ3) is 4.10. The van der Waals surface area contributed by atoms with Gasteiger partial charge in [0.25, 0.3) is 0 Å². The highest BCUT2D eigenvalue weighted by Gasteiger charge is 2.30. The predicted octanol–water partition coefficient (Wildman–Crippen LogP) is 5.18. The lowest BCUT2D eigenvalue weighted by Crippen LogP contribution is -2.16. The van der Waals surface area contributed by atoms with Gasteiger partial charge in [0.1, 0.15) is 0 Å². The van der Waals surface area contributed by atoms with Gasteiger partial charge in [0, 0.05) is 6.04 Å². The van der Waals surface area contributed by atoms with Gasteiger partial charge in [0.2, 0.25) is 5.91 Å². The Balaban J connectivity index is 1.30. The molecule has 1 N–H and O–H groups in total. The molecule has 164 valence electrons. The molecule has 0 radical (unpaired) electrons. The number of nitrogens with zero attached hydrogens (tertiary/aromatic N) is 5. The Morgan fingerprint density at radius 1 is 1.16 bits per heavy atom. The monoisotopic (exact) mass is 464 g/mol. The minimum Gasteiger partial charge on any atom is -0.322 e. The summed E-state index contributed by atoms with van der Waals surface area (Å²) in [6.07, 6.45) is 2.26. The molecule has 3 heterocycles. The fraction of sp³-hybridized carbons (Fsp3) is 0.304. The van der Waals surface area contributed by atoms with E-state index < -0.39 is 0 Å². The van der Waals surface area contributed by atoms with Gasteiger partial charge in [-0.2, -0.15) is 5.10 Å². The molecule has 1 aromatic carbocycles. The lowest BCUT2D eigenvalue weighted by atomic mass is 10.2. The van der Waals surface area contributed by atoms with Crippen LogP contribution < -0.4 is 5.32 Å². The van der Waals surface area contributed by atoms with Crippen LogP contribution in [-0.2, 0) is 4.79 Å². The summed E-state index contributed by atoms with van der Waals surface area (Å²) in [6.45, 7) is 5.94. The first-order valence-electron chi connectivity index (χ1n) is 10.6. The Morgan fingerprint density at radius 3 is 2.62 bits per heavy atom. The summed E-state index contributed by atoms with van der Waals surface area (Å²) >= 11 is 3.09. The van der Waals surface area contributed by atoms with Crippen LogP contribution in [0.3, 0.4) is 0 Å². The maximum absolute atomic E-state index is 12.8. The zero-order valence-corrected chi connectivity index (χ0v) is 19.8. The Labute approximate surface area is 194 Å². The van der Waals surface area contributed by atoms with Crippen LogP contribution in [0.1, 0.15) is 35.8 Å².